The summed E-state index contributed by atoms with van der Waals surface area (Å²) in [5.74, 6) is -0.00324. The number of aromatic amines is 1. The van der Waals surface area contributed by atoms with Gasteiger partial charge in [-0.05, 0) is 31.9 Å². The molecule has 0 atom stereocenters. The first-order valence-corrected chi connectivity index (χ1v) is 5.42. The van der Waals surface area contributed by atoms with Crippen molar-refractivity contribution in [1.29, 1.82) is 0 Å². The van der Waals surface area contributed by atoms with Crippen molar-refractivity contribution in [2.45, 2.75) is 25.3 Å². The Morgan fingerprint density at radius 1 is 1.50 bits per heavy atom. The van der Waals surface area contributed by atoms with Crippen molar-refractivity contribution in [1.82, 2.24) is 15.5 Å². The van der Waals surface area contributed by atoms with Gasteiger partial charge in [0, 0.05) is 16.5 Å². The molecule has 0 spiro atoms. The number of carbonyl (C=O) groups is 1. The molecular formula is C12H13N3O. The first kappa shape index (κ1) is 9.39. The highest BCUT2D eigenvalue weighted by molar-refractivity contribution is 5.98. The Hall–Kier alpha value is -1.84. The van der Waals surface area contributed by atoms with E-state index in [2.05, 4.69) is 22.4 Å². The van der Waals surface area contributed by atoms with E-state index in [-0.39, 0.29) is 11.4 Å². The van der Waals surface area contributed by atoms with Gasteiger partial charge in [0.2, 0.25) is 0 Å². The van der Waals surface area contributed by atoms with Gasteiger partial charge in [-0.1, -0.05) is 6.07 Å². The molecule has 4 heteroatoms. The van der Waals surface area contributed by atoms with Crippen LogP contribution in [0, 0.1) is 0 Å². The van der Waals surface area contributed by atoms with Crippen LogP contribution in [0.2, 0.25) is 0 Å². The second-order valence-electron chi connectivity index (χ2n) is 4.69. The molecule has 4 nitrogen and oxygen atoms in total. The van der Waals surface area contributed by atoms with Crippen LogP contribution in [0.5, 0.6) is 0 Å². The maximum Gasteiger partial charge on any atom is 0.251 e. The Bertz CT molecular complexity index is 554. The molecule has 0 bridgehead atoms. The lowest BCUT2D eigenvalue weighted by Crippen LogP contribution is -2.34. The zero-order chi connectivity index (χ0) is 11.2. The van der Waals surface area contributed by atoms with Crippen LogP contribution in [0.1, 0.15) is 30.1 Å². The van der Waals surface area contributed by atoms with Gasteiger partial charge in [0.05, 0.1) is 11.7 Å². The molecule has 1 heterocycles. The van der Waals surface area contributed by atoms with E-state index in [1.807, 2.05) is 18.2 Å². The van der Waals surface area contributed by atoms with E-state index in [0.29, 0.717) is 5.56 Å². The van der Waals surface area contributed by atoms with E-state index in [0.717, 1.165) is 23.7 Å². The van der Waals surface area contributed by atoms with Crippen molar-refractivity contribution in [3.8, 4) is 0 Å². The van der Waals surface area contributed by atoms with Gasteiger partial charge in [-0.25, -0.2) is 0 Å². The topological polar surface area (TPSA) is 57.8 Å². The SMILES string of the molecule is CC1(NC(=O)c2ccc3cn[nH]c3c2)CC1. The Morgan fingerprint density at radius 2 is 2.31 bits per heavy atom. The molecule has 0 aliphatic heterocycles. The van der Waals surface area contributed by atoms with E-state index in [4.69, 9.17) is 0 Å². The molecule has 82 valence electrons. The van der Waals surface area contributed by atoms with Crippen LogP contribution in [-0.2, 0) is 0 Å². The van der Waals surface area contributed by atoms with Crippen LogP contribution < -0.4 is 5.32 Å². The molecular weight excluding hydrogens is 202 g/mol. The summed E-state index contributed by atoms with van der Waals surface area (Å²) in [5.41, 5.74) is 1.61. The lowest BCUT2D eigenvalue weighted by molar-refractivity contribution is 0.0935. The number of benzene rings is 1. The smallest absolute Gasteiger partial charge is 0.251 e. The van der Waals surface area contributed by atoms with E-state index >= 15 is 0 Å². The molecule has 1 aliphatic carbocycles. The number of aromatic nitrogens is 2. The summed E-state index contributed by atoms with van der Waals surface area (Å²) in [6.45, 7) is 2.07. The summed E-state index contributed by atoms with van der Waals surface area (Å²) in [4.78, 5) is 11.9. The van der Waals surface area contributed by atoms with Crippen LogP contribution in [-0.4, -0.2) is 21.6 Å². The quantitative estimate of drug-likeness (QED) is 0.803. The van der Waals surface area contributed by atoms with Crippen molar-refractivity contribution in [2.24, 2.45) is 0 Å². The van der Waals surface area contributed by atoms with Gasteiger partial charge in [0.1, 0.15) is 0 Å². The third-order valence-corrected chi connectivity index (χ3v) is 3.12. The molecule has 16 heavy (non-hydrogen) atoms. The number of H-pyrrole nitrogens is 1. The van der Waals surface area contributed by atoms with Gasteiger partial charge in [0.25, 0.3) is 5.91 Å². The number of nitrogens with zero attached hydrogens (tertiary/aromatic N) is 1. The fourth-order valence-electron chi connectivity index (χ4n) is 1.74. The average Bonchev–Trinajstić information content (AvgIpc) is 2.82. The third kappa shape index (κ3) is 1.56. The summed E-state index contributed by atoms with van der Waals surface area (Å²) in [5, 5.41) is 10.8. The number of fused-ring (bicyclic) bond motifs is 1. The monoisotopic (exact) mass is 215 g/mol. The van der Waals surface area contributed by atoms with Gasteiger partial charge in [-0.3, -0.25) is 9.89 Å². The van der Waals surface area contributed by atoms with E-state index in [1.165, 1.54) is 0 Å². The van der Waals surface area contributed by atoms with Crippen LogP contribution in [0.4, 0.5) is 0 Å². The second kappa shape index (κ2) is 3.07. The third-order valence-electron chi connectivity index (χ3n) is 3.12. The van der Waals surface area contributed by atoms with Gasteiger partial charge in [-0.2, -0.15) is 5.10 Å². The Kier molecular flexibility index (Phi) is 1.80. The van der Waals surface area contributed by atoms with Crippen molar-refractivity contribution in [3.05, 3.63) is 30.0 Å². The molecule has 0 unspecified atom stereocenters. The normalized spacial score (nSPS) is 17.3. The van der Waals surface area contributed by atoms with Crippen LogP contribution in [0.25, 0.3) is 10.9 Å². The van der Waals surface area contributed by atoms with E-state index < -0.39 is 0 Å². The number of amides is 1. The molecule has 3 rings (SSSR count). The largest absolute Gasteiger partial charge is 0.347 e. The van der Waals surface area contributed by atoms with Gasteiger partial charge in [0.15, 0.2) is 0 Å². The molecule has 2 aromatic rings. The number of carbonyl (C=O) groups excluding carboxylic acids is 1. The second-order valence-corrected chi connectivity index (χ2v) is 4.69. The highest BCUT2D eigenvalue weighted by Crippen LogP contribution is 2.34. The molecule has 0 saturated heterocycles. The number of rotatable bonds is 2. The Labute approximate surface area is 93.0 Å². The minimum atomic E-state index is -0.00324. The van der Waals surface area contributed by atoms with E-state index in [1.54, 1.807) is 6.20 Å². The van der Waals surface area contributed by atoms with Crippen molar-refractivity contribution in [3.63, 3.8) is 0 Å². The number of nitrogens with one attached hydrogen (secondary N) is 2. The first-order chi connectivity index (χ1) is 7.66. The fourth-order valence-corrected chi connectivity index (χ4v) is 1.74. The predicted molar refractivity (Wildman–Crippen MR) is 61.2 cm³/mol. The molecule has 0 radical (unpaired) electrons. The molecule has 1 aromatic heterocycles. The zero-order valence-corrected chi connectivity index (χ0v) is 9.08. The standard InChI is InChI=1S/C12H13N3O/c1-12(4-5-12)14-11(16)8-2-3-9-7-13-15-10(9)6-8/h2-3,6-7H,4-5H2,1H3,(H,13,15)(H,14,16). The van der Waals surface area contributed by atoms with Crippen LogP contribution in [0.15, 0.2) is 24.4 Å². The van der Waals surface area contributed by atoms with E-state index in [9.17, 15) is 4.79 Å². The summed E-state index contributed by atoms with van der Waals surface area (Å²) >= 11 is 0. The minimum Gasteiger partial charge on any atom is -0.347 e. The van der Waals surface area contributed by atoms with Crippen LogP contribution >= 0.6 is 0 Å². The van der Waals surface area contributed by atoms with Crippen LogP contribution in [0.3, 0.4) is 0 Å². The highest BCUT2D eigenvalue weighted by Gasteiger charge is 2.38. The summed E-state index contributed by atoms with van der Waals surface area (Å²) in [7, 11) is 0. The fraction of sp³-hybridized carbons (Fsp3) is 0.333. The Balaban J connectivity index is 1.89. The molecule has 1 aliphatic rings. The zero-order valence-electron chi connectivity index (χ0n) is 9.08. The molecule has 2 N–H and O–H groups in total. The highest BCUT2D eigenvalue weighted by atomic mass is 16.1. The van der Waals surface area contributed by atoms with Crippen molar-refractivity contribution >= 4 is 16.8 Å². The van der Waals surface area contributed by atoms with Gasteiger partial charge < -0.3 is 5.32 Å². The Morgan fingerprint density at radius 3 is 3.06 bits per heavy atom. The average molecular weight is 215 g/mol. The maximum absolute atomic E-state index is 11.9. The molecule has 1 amide bonds. The first-order valence-electron chi connectivity index (χ1n) is 5.42. The van der Waals surface area contributed by atoms with Crippen molar-refractivity contribution < 1.29 is 4.79 Å². The summed E-state index contributed by atoms with van der Waals surface area (Å²) in [6.07, 6.45) is 3.90. The summed E-state index contributed by atoms with van der Waals surface area (Å²) in [6, 6.07) is 5.57. The lowest BCUT2D eigenvalue weighted by atomic mass is 10.1. The number of hydrogen-bond donors (Lipinski definition) is 2. The lowest BCUT2D eigenvalue weighted by Gasteiger charge is -2.11. The molecule has 1 fully saturated rings. The number of hydrogen-bond acceptors (Lipinski definition) is 2. The van der Waals surface area contributed by atoms with Crippen molar-refractivity contribution in [2.75, 3.05) is 0 Å². The molecule has 1 aromatic carbocycles. The predicted octanol–water partition coefficient (Wildman–Crippen LogP) is 1.85. The molecule has 1 saturated carbocycles. The minimum absolute atomic E-state index is 0.00324. The van der Waals surface area contributed by atoms with Gasteiger partial charge in [-0.15, -0.1) is 0 Å². The summed E-state index contributed by atoms with van der Waals surface area (Å²) < 4.78 is 0. The van der Waals surface area contributed by atoms with Gasteiger partial charge >= 0.3 is 0 Å². The maximum atomic E-state index is 11.9.